The lowest BCUT2D eigenvalue weighted by Gasteiger charge is -2.23. The van der Waals surface area contributed by atoms with E-state index < -0.39 is 17.7 Å². The van der Waals surface area contributed by atoms with Crippen molar-refractivity contribution >= 4 is 17.6 Å². The summed E-state index contributed by atoms with van der Waals surface area (Å²) in [4.78, 5) is 26.0. The van der Waals surface area contributed by atoms with Gasteiger partial charge in [-0.15, -0.1) is 0 Å². The van der Waals surface area contributed by atoms with Crippen LogP contribution in [0.1, 0.15) is 0 Å². The van der Waals surface area contributed by atoms with Crippen LogP contribution in [-0.2, 0) is 9.59 Å². The van der Waals surface area contributed by atoms with Crippen molar-refractivity contribution in [2.45, 2.75) is 0 Å². The van der Waals surface area contributed by atoms with Crippen molar-refractivity contribution in [1.29, 1.82) is 0 Å². The number of hydrogen-bond acceptors (Lipinski definition) is 3. The molecule has 1 heterocycles. The Morgan fingerprint density at radius 1 is 1.42 bits per heavy atom. The standard InChI is InChI=1S/C13H15FN2O3/c1-15-6-9(13(18)19)7-16(8-12(15)17)11-4-2-3-10(14)5-11/h2-5,9H,6-8H2,1H3,(H,18,19). The first-order valence-corrected chi connectivity index (χ1v) is 5.94. The lowest BCUT2D eigenvalue weighted by Crippen LogP contribution is -2.34. The van der Waals surface area contributed by atoms with E-state index in [1.165, 1.54) is 17.0 Å². The van der Waals surface area contributed by atoms with Gasteiger partial charge < -0.3 is 14.9 Å². The second-order valence-electron chi connectivity index (χ2n) is 4.67. The Hall–Kier alpha value is -2.11. The summed E-state index contributed by atoms with van der Waals surface area (Å²) in [6, 6.07) is 5.82. The highest BCUT2D eigenvalue weighted by molar-refractivity contribution is 5.83. The fourth-order valence-corrected chi connectivity index (χ4v) is 2.13. The van der Waals surface area contributed by atoms with E-state index in [1.54, 1.807) is 24.1 Å². The number of aliphatic carboxylic acids is 1. The van der Waals surface area contributed by atoms with E-state index in [0.717, 1.165) is 0 Å². The molecule has 0 radical (unpaired) electrons. The van der Waals surface area contributed by atoms with Crippen LogP contribution in [-0.4, -0.2) is 48.6 Å². The number of carboxylic acid groups (broad SMARTS) is 1. The molecule has 1 atom stereocenters. The van der Waals surface area contributed by atoms with E-state index in [1.807, 2.05) is 0 Å². The van der Waals surface area contributed by atoms with Crippen molar-refractivity contribution in [3.05, 3.63) is 30.1 Å². The van der Waals surface area contributed by atoms with Crippen LogP contribution in [0.25, 0.3) is 0 Å². The van der Waals surface area contributed by atoms with Gasteiger partial charge in [0.25, 0.3) is 0 Å². The Bertz CT molecular complexity index is 506. The smallest absolute Gasteiger partial charge is 0.310 e. The first kappa shape index (κ1) is 13.3. The van der Waals surface area contributed by atoms with Crippen molar-refractivity contribution in [3.63, 3.8) is 0 Å². The average molecular weight is 266 g/mol. The zero-order chi connectivity index (χ0) is 14.0. The van der Waals surface area contributed by atoms with Crippen molar-refractivity contribution < 1.29 is 19.1 Å². The first-order valence-electron chi connectivity index (χ1n) is 5.94. The van der Waals surface area contributed by atoms with E-state index >= 15 is 0 Å². The van der Waals surface area contributed by atoms with Crippen molar-refractivity contribution in [2.24, 2.45) is 5.92 Å². The molecule has 5 nitrogen and oxygen atoms in total. The predicted octanol–water partition coefficient (Wildman–Crippen LogP) is 0.805. The van der Waals surface area contributed by atoms with Crippen LogP contribution in [0.3, 0.4) is 0 Å². The summed E-state index contributed by atoms with van der Waals surface area (Å²) in [6.45, 7) is 0.415. The fraction of sp³-hybridized carbons (Fsp3) is 0.385. The van der Waals surface area contributed by atoms with Gasteiger partial charge in [-0.25, -0.2) is 4.39 Å². The monoisotopic (exact) mass is 266 g/mol. The minimum Gasteiger partial charge on any atom is -0.481 e. The molecular weight excluding hydrogens is 251 g/mol. The number of anilines is 1. The van der Waals surface area contributed by atoms with E-state index in [0.29, 0.717) is 5.69 Å². The van der Waals surface area contributed by atoms with Gasteiger partial charge in [0.1, 0.15) is 5.82 Å². The lowest BCUT2D eigenvalue weighted by molar-refractivity contribution is -0.142. The van der Waals surface area contributed by atoms with Gasteiger partial charge in [-0.2, -0.15) is 0 Å². The number of likely N-dealkylation sites (N-methyl/N-ethyl adjacent to an activating group) is 1. The molecule has 1 aromatic rings. The van der Waals surface area contributed by atoms with Gasteiger partial charge in [0, 0.05) is 25.8 Å². The highest BCUT2D eigenvalue weighted by Crippen LogP contribution is 2.20. The summed E-state index contributed by atoms with van der Waals surface area (Å²) in [6.07, 6.45) is 0. The molecular formula is C13H15FN2O3. The Morgan fingerprint density at radius 3 is 2.79 bits per heavy atom. The molecule has 1 aromatic carbocycles. The summed E-state index contributed by atoms with van der Waals surface area (Å²) in [5.41, 5.74) is 0.523. The number of nitrogens with zero attached hydrogens (tertiary/aromatic N) is 2. The molecule has 6 heteroatoms. The molecule has 0 spiro atoms. The number of carbonyl (C=O) groups is 2. The maximum absolute atomic E-state index is 13.2. The quantitative estimate of drug-likeness (QED) is 0.860. The summed E-state index contributed by atoms with van der Waals surface area (Å²) in [5, 5.41) is 9.15. The van der Waals surface area contributed by atoms with Crippen molar-refractivity contribution in [3.8, 4) is 0 Å². The zero-order valence-electron chi connectivity index (χ0n) is 10.5. The molecule has 1 fully saturated rings. The van der Waals surface area contributed by atoms with Crippen LogP contribution in [0.15, 0.2) is 24.3 Å². The number of benzene rings is 1. The summed E-state index contributed by atoms with van der Waals surface area (Å²) in [7, 11) is 1.58. The summed E-state index contributed by atoms with van der Waals surface area (Å²) < 4.78 is 13.2. The zero-order valence-corrected chi connectivity index (χ0v) is 10.5. The lowest BCUT2D eigenvalue weighted by atomic mass is 10.1. The molecule has 1 N–H and O–H groups in total. The van der Waals surface area contributed by atoms with Gasteiger partial charge in [0.05, 0.1) is 12.5 Å². The third-order valence-corrected chi connectivity index (χ3v) is 3.21. The Labute approximate surface area is 110 Å². The van der Waals surface area contributed by atoms with E-state index in [9.17, 15) is 14.0 Å². The van der Waals surface area contributed by atoms with Crippen LogP contribution < -0.4 is 4.90 Å². The van der Waals surface area contributed by atoms with Crippen LogP contribution in [0, 0.1) is 11.7 Å². The average Bonchev–Trinajstić information content (AvgIpc) is 2.50. The minimum absolute atomic E-state index is 0.0593. The predicted molar refractivity (Wildman–Crippen MR) is 67.4 cm³/mol. The highest BCUT2D eigenvalue weighted by Gasteiger charge is 2.30. The number of carboxylic acids is 1. The van der Waals surface area contributed by atoms with E-state index in [4.69, 9.17) is 5.11 Å². The summed E-state index contributed by atoms with van der Waals surface area (Å²) >= 11 is 0. The molecule has 1 unspecified atom stereocenters. The third kappa shape index (κ3) is 3.01. The second-order valence-corrected chi connectivity index (χ2v) is 4.67. The molecule has 0 bridgehead atoms. The molecule has 0 aliphatic carbocycles. The maximum Gasteiger partial charge on any atom is 0.310 e. The maximum atomic E-state index is 13.2. The van der Waals surface area contributed by atoms with Crippen LogP contribution in [0.5, 0.6) is 0 Å². The molecule has 102 valence electrons. The number of carbonyl (C=O) groups excluding carboxylic acids is 1. The Morgan fingerprint density at radius 2 is 2.16 bits per heavy atom. The minimum atomic E-state index is -0.956. The molecule has 1 saturated heterocycles. The van der Waals surface area contributed by atoms with Gasteiger partial charge in [-0.1, -0.05) is 6.07 Å². The molecule has 1 aliphatic rings. The van der Waals surface area contributed by atoms with Gasteiger partial charge in [-0.05, 0) is 18.2 Å². The molecule has 1 aliphatic heterocycles. The van der Waals surface area contributed by atoms with Crippen LogP contribution >= 0.6 is 0 Å². The second kappa shape index (κ2) is 5.26. The van der Waals surface area contributed by atoms with Crippen molar-refractivity contribution in [2.75, 3.05) is 31.6 Å². The molecule has 0 saturated carbocycles. The number of halogens is 1. The molecule has 1 amide bonds. The molecule has 19 heavy (non-hydrogen) atoms. The molecule has 0 aromatic heterocycles. The Balaban J connectivity index is 2.28. The van der Waals surface area contributed by atoms with E-state index in [-0.39, 0.29) is 25.5 Å². The number of hydrogen-bond donors (Lipinski definition) is 1. The highest BCUT2D eigenvalue weighted by atomic mass is 19.1. The summed E-state index contributed by atoms with van der Waals surface area (Å²) in [5.74, 6) is -2.22. The first-order chi connectivity index (χ1) is 8.97. The van der Waals surface area contributed by atoms with Gasteiger partial charge in [0.2, 0.25) is 5.91 Å². The van der Waals surface area contributed by atoms with Crippen LogP contribution in [0.2, 0.25) is 0 Å². The van der Waals surface area contributed by atoms with Gasteiger partial charge in [-0.3, -0.25) is 9.59 Å². The van der Waals surface area contributed by atoms with Crippen molar-refractivity contribution in [1.82, 2.24) is 4.90 Å². The van der Waals surface area contributed by atoms with Gasteiger partial charge >= 0.3 is 5.97 Å². The largest absolute Gasteiger partial charge is 0.481 e. The SMILES string of the molecule is CN1CC(C(=O)O)CN(c2cccc(F)c2)CC1=O. The topological polar surface area (TPSA) is 60.9 Å². The third-order valence-electron chi connectivity index (χ3n) is 3.21. The number of rotatable bonds is 2. The fourth-order valence-electron chi connectivity index (χ4n) is 2.13. The number of amides is 1. The van der Waals surface area contributed by atoms with E-state index in [2.05, 4.69) is 0 Å². The Kier molecular flexibility index (Phi) is 3.69. The van der Waals surface area contributed by atoms with Crippen LogP contribution in [0.4, 0.5) is 10.1 Å². The molecule has 2 rings (SSSR count). The normalized spacial score (nSPS) is 20.3. The van der Waals surface area contributed by atoms with Gasteiger partial charge in [0.15, 0.2) is 0 Å².